The van der Waals surface area contributed by atoms with E-state index in [1.54, 1.807) is 11.3 Å². The normalized spacial score (nSPS) is 28.1. The van der Waals surface area contributed by atoms with E-state index in [1.165, 1.54) is 17.8 Å². The molecule has 0 aliphatic carbocycles. The Hall–Kier alpha value is -0.450. The van der Waals surface area contributed by atoms with Crippen LogP contribution < -0.4 is 0 Å². The second-order valence-corrected chi connectivity index (χ2v) is 5.21. The van der Waals surface area contributed by atoms with Crippen LogP contribution in [0.2, 0.25) is 0 Å². The van der Waals surface area contributed by atoms with Gasteiger partial charge in [-0.1, -0.05) is 6.92 Å². The molecule has 84 valence electrons. The van der Waals surface area contributed by atoms with Crippen LogP contribution in [0.25, 0.3) is 0 Å². The number of hydrogen-bond acceptors (Lipinski definition) is 4. The lowest BCUT2D eigenvalue weighted by atomic mass is 9.96. The van der Waals surface area contributed by atoms with E-state index in [1.807, 2.05) is 18.8 Å². The maximum absolute atomic E-state index is 5.50. The van der Waals surface area contributed by atoms with E-state index in [0.717, 1.165) is 13.1 Å². The summed E-state index contributed by atoms with van der Waals surface area (Å²) in [5.41, 5.74) is 1.90. The Balaban J connectivity index is 1.89. The lowest BCUT2D eigenvalue weighted by molar-refractivity contribution is -0.00717. The molecule has 0 N–H and O–H groups in total. The zero-order valence-corrected chi connectivity index (χ0v) is 10.2. The monoisotopic (exact) mass is 226 g/mol. The first-order chi connectivity index (χ1) is 7.29. The predicted octanol–water partition coefficient (Wildman–Crippen LogP) is 2.00. The van der Waals surface area contributed by atoms with Gasteiger partial charge in [0.1, 0.15) is 0 Å². The van der Waals surface area contributed by atoms with Gasteiger partial charge in [-0.2, -0.15) is 0 Å². The summed E-state index contributed by atoms with van der Waals surface area (Å²) in [6.45, 7) is 5.53. The van der Waals surface area contributed by atoms with Crippen molar-refractivity contribution in [2.24, 2.45) is 5.92 Å². The number of ether oxygens (including phenoxy) is 1. The molecule has 3 nitrogen and oxygen atoms in total. The van der Waals surface area contributed by atoms with Gasteiger partial charge in [-0.05, 0) is 18.9 Å². The van der Waals surface area contributed by atoms with Crippen molar-refractivity contribution in [3.8, 4) is 0 Å². The van der Waals surface area contributed by atoms with Crippen LogP contribution in [0.1, 0.15) is 18.2 Å². The number of hydrogen-bond donors (Lipinski definition) is 0. The van der Waals surface area contributed by atoms with Gasteiger partial charge in [0, 0.05) is 31.3 Å². The number of likely N-dealkylation sites (tertiary alicyclic amines) is 1. The van der Waals surface area contributed by atoms with E-state index in [4.69, 9.17) is 4.74 Å². The van der Waals surface area contributed by atoms with Gasteiger partial charge in [-0.3, -0.25) is 9.88 Å². The van der Waals surface area contributed by atoms with Crippen molar-refractivity contribution < 1.29 is 4.74 Å². The van der Waals surface area contributed by atoms with Gasteiger partial charge >= 0.3 is 0 Å². The summed E-state index contributed by atoms with van der Waals surface area (Å²) in [7, 11) is 1.82. The van der Waals surface area contributed by atoms with Crippen molar-refractivity contribution in [1.29, 1.82) is 0 Å². The predicted molar refractivity (Wildman–Crippen MR) is 62.0 cm³/mol. The smallest absolute Gasteiger partial charge is 0.0794 e. The quantitative estimate of drug-likeness (QED) is 0.788. The molecule has 1 aromatic rings. The van der Waals surface area contributed by atoms with E-state index >= 15 is 0 Å². The zero-order valence-electron chi connectivity index (χ0n) is 9.35. The van der Waals surface area contributed by atoms with E-state index in [-0.39, 0.29) is 0 Å². The van der Waals surface area contributed by atoms with Crippen molar-refractivity contribution in [3.05, 3.63) is 16.6 Å². The summed E-state index contributed by atoms with van der Waals surface area (Å²) in [6, 6.07) is 0. The first-order valence-corrected chi connectivity index (χ1v) is 6.30. The first-order valence-electron chi connectivity index (χ1n) is 5.42. The van der Waals surface area contributed by atoms with Gasteiger partial charge in [0.05, 0.1) is 11.6 Å². The Labute approximate surface area is 95.1 Å². The Bertz CT molecular complexity index is 289. The summed E-state index contributed by atoms with van der Waals surface area (Å²) in [5.74, 6) is 0.688. The van der Waals surface area contributed by atoms with Crippen molar-refractivity contribution >= 4 is 11.3 Å². The van der Waals surface area contributed by atoms with Crippen LogP contribution in [0.15, 0.2) is 11.7 Å². The second kappa shape index (κ2) is 5.05. The average molecular weight is 226 g/mol. The lowest BCUT2D eigenvalue weighted by Crippen LogP contribution is -2.43. The van der Waals surface area contributed by atoms with Crippen molar-refractivity contribution in [2.75, 3.05) is 20.2 Å². The largest absolute Gasteiger partial charge is 0.380 e. The molecule has 0 bridgehead atoms. The van der Waals surface area contributed by atoms with Crippen LogP contribution in [0.3, 0.4) is 0 Å². The van der Waals surface area contributed by atoms with Crippen molar-refractivity contribution in [2.45, 2.75) is 26.0 Å². The van der Waals surface area contributed by atoms with Gasteiger partial charge < -0.3 is 4.74 Å². The fraction of sp³-hybridized carbons (Fsp3) is 0.727. The highest BCUT2D eigenvalue weighted by Crippen LogP contribution is 2.21. The van der Waals surface area contributed by atoms with Crippen LogP contribution >= 0.6 is 11.3 Å². The SMILES string of the molecule is CO[C@H]1CN(Cc2cncs2)CC[C@H]1C. The molecule has 0 saturated carbocycles. The maximum Gasteiger partial charge on any atom is 0.0794 e. The third-order valence-electron chi connectivity index (χ3n) is 3.14. The van der Waals surface area contributed by atoms with E-state index < -0.39 is 0 Å². The molecule has 0 amide bonds. The summed E-state index contributed by atoms with van der Waals surface area (Å²) in [5, 5.41) is 0. The van der Waals surface area contributed by atoms with Crippen LogP contribution in [-0.2, 0) is 11.3 Å². The van der Waals surface area contributed by atoms with Crippen LogP contribution in [0, 0.1) is 5.92 Å². The van der Waals surface area contributed by atoms with Gasteiger partial charge in [0.2, 0.25) is 0 Å². The standard InChI is InChI=1S/C11H18N2OS/c1-9-3-4-13(7-11(9)14-2)6-10-5-12-8-15-10/h5,8-9,11H,3-4,6-7H2,1-2H3/t9-,11+/m1/s1. The fourth-order valence-electron chi connectivity index (χ4n) is 2.09. The van der Waals surface area contributed by atoms with Gasteiger partial charge in [0.15, 0.2) is 0 Å². The molecule has 2 heterocycles. The van der Waals surface area contributed by atoms with Crippen molar-refractivity contribution in [3.63, 3.8) is 0 Å². The van der Waals surface area contributed by atoms with Crippen LogP contribution in [0.4, 0.5) is 0 Å². The minimum absolute atomic E-state index is 0.395. The Morgan fingerprint density at radius 2 is 2.53 bits per heavy atom. The average Bonchev–Trinajstić information content (AvgIpc) is 2.73. The molecule has 0 unspecified atom stereocenters. The molecule has 0 aromatic carbocycles. The summed E-state index contributed by atoms with van der Waals surface area (Å²) >= 11 is 1.73. The number of aromatic nitrogens is 1. The Kier molecular flexibility index (Phi) is 3.72. The zero-order chi connectivity index (χ0) is 10.7. The molecule has 1 aliphatic heterocycles. The number of thiazole rings is 1. The van der Waals surface area contributed by atoms with E-state index in [0.29, 0.717) is 12.0 Å². The number of methoxy groups -OCH3 is 1. The molecule has 1 aromatic heterocycles. The highest BCUT2D eigenvalue weighted by Gasteiger charge is 2.25. The first kappa shape index (κ1) is 11.0. The second-order valence-electron chi connectivity index (χ2n) is 4.24. The molecule has 2 atom stereocenters. The molecular weight excluding hydrogens is 208 g/mol. The minimum atomic E-state index is 0.395. The molecule has 1 saturated heterocycles. The fourth-order valence-corrected chi connectivity index (χ4v) is 2.72. The molecule has 0 radical (unpaired) electrons. The molecule has 15 heavy (non-hydrogen) atoms. The third kappa shape index (κ3) is 2.77. The maximum atomic E-state index is 5.50. The Morgan fingerprint density at radius 3 is 3.20 bits per heavy atom. The van der Waals surface area contributed by atoms with Crippen molar-refractivity contribution in [1.82, 2.24) is 9.88 Å². The lowest BCUT2D eigenvalue weighted by Gasteiger charge is -2.35. The molecule has 0 spiro atoms. The number of nitrogens with zero attached hydrogens (tertiary/aromatic N) is 2. The Morgan fingerprint density at radius 1 is 1.67 bits per heavy atom. The molecular formula is C11H18N2OS. The summed E-state index contributed by atoms with van der Waals surface area (Å²) in [4.78, 5) is 7.91. The van der Waals surface area contributed by atoms with E-state index in [2.05, 4.69) is 16.8 Å². The van der Waals surface area contributed by atoms with E-state index in [9.17, 15) is 0 Å². The summed E-state index contributed by atoms with van der Waals surface area (Å²) in [6.07, 6.45) is 3.59. The van der Waals surface area contributed by atoms with Gasteiger partial charge in [0.25, 0.3) is 0 Å². The van der Waals surface area contributed by atoms with Gasteiger partial charge in [-0.15, -0.1) is 11.3 Å². The third-order valence-corrected chi connectivity index (χ3v) is 3.90. The van der Waals surface area contributed by atoms with Crippen LogP contribution in [0.5, 0.6) is 0 Å². The molecule has 2 rings (SSSR count). The van der Waals surface area contributed by atoms with Crippen LogP contribution in [-0.4, -0.2) is 36.2 Å². The minimum Gasteiger partial charge on any atom is -0.380 e. The highest BCUT2D eigenvalue weighted by atomic mass is 32.1. The summed E-state index contributed by atoms with van der Waals surface area (Å²) < 4.78 is 5.50. The number of rotatable bonds is 3. The van der Waals surface area contributed by atoms with Gasteiger partial charge in [-0.25, -0.2) is 0 Å². The molecule has 1 aliphatic rings. The molecule has 4 heteroatoms. The highest BCUT2D eigenvalue weighted by molar-refractivity contribution is 7.09. The number of piperidine rings is 1. The molecule has 1 fully saturated rings. The topological polar surface area (TPSA) is 25.4 Å².